The van der Waals surface area contributed by atoms with Gasteiger partial charge in [0.25, 0.3) is 10.0 Å². The molecule has 0 saturated heterocycles. The number of sulfonamides is 1. The standard InChI is InChI=1S/C21H24N2O6S/c1-5-14-29-19-12-6-16(15-20(19)27-3)7-13-21(24)22-17-8-10-18(11-9-17)30(25,26)23(2)28-4/h5-13,15H,1,14H2,2-4H3,(H,22,24)/b13-7+. The molecule has 0 fully saturated rings. The predicted molar refractivity (Wildman–Crippen MR) is 115 cm³/mol. The van der Waals surface area contributed by atoms with Gasteiger partial charge in [-0.3, -0.25) is 9.63 Å². The molecule has 0 spiro atoms. The van der Waals surface area contributed by atoms with E-state index in [9.17, 15) is 13.2 Å². The molecule has 0 aliphatic heterocycles. The molecule has 8 nitrogen and oxygen atoms in total. The number of hydrogen-bond acceptors (Lipinski definition) is 6. The van der Waals surface area contributed by atoms with Crippen molar-refractivity contribution in [3.8, 4) is 11.5 Å². The van der Waals surface area contributed by atoms with E-state index >= 15 is 0 Å². The molecule has 0 unspecified atom stereocenters. The van der Waals surface area contributed by atoms with E-state index in [-0.39, 0.29) is 10.8 Å². The molecular formula is C21H24N2O6S. The summed E-state index contributed by atoms with van der Waals surface area (Å²) in [5, 5.41) is 2.67. The molecule has 30 heavy (non-hydrogen) atoms. The highest BCUT2D eigenvalue weighted by Crippen LogP contribution is 2.28. The molecular weight excluding hydrogens is 408 g/mol. The van der Waals surface area contributed by atoms with Gasteiger partial charge in [-0.1, -0.05) is 23.2 Å². The molecule has 0 heterocycles. The number of amides is 1. The van der Waals surface area contributed by atoms with E-state index in [1.807, 2.05) is 0 Å². The fourth-order valence-electron chi connectivity index (χ4n) is 2.37. The Labute approximate surface area is 176 Å². The quantitative estimate of drug-likeness (QED) is 0.352. The van der Waals surface area contributed by atoms with Crippen molar-refractivity contribution in [1.29, 1.82) is 0 Å². The SMILES string of the molecule is C=CCOc1ccc(/C=C/C(=O)Nc2ccc(S(=O)(=O)N(C)OC)cc2)cc1OC. The lowest BCUT2D eigenvalue weighted by Crippen LogP contribution is -2.25. The average Bonchev–Trinajstić information content (AvgIpc) is 2.76. The minimum atomic E-state index is -3.74. The van der Waals surface area contributed by atoms with Gasteiger partial charge in [0.15, 0.2) is 11.5 Å². The van der Waals surface area contributed by atoms with E-state index in [1.165, 1.54) is 51.6 Å². The number of nitrogens with zero attached hydrogens (tertiary/aromatic N) is 1. The Morgan fingerprint density at radius 3 is 2.43 bits per heavy atom. The molecule has 0 radical (unpaired) electrons. The van der Waals surface area contributed by atoms with Gasteiger partial charge in [0.1, 0.15) is 6.61 Å². The van der Waals surface area contributed by atoms with Gasteiger partial charge in [0.05, 0.1) is 19.1 Å². The van der Waals surface area contributed by atoms with E-state index in [4.69, 9.17) is 14.3 Å². The Hall–Kier alpha value is -3.14. The van der Waals surface area contributed by atoms with Crippen LogP contribution in [0.15, 0.2) is 66.1 Å². The Kier molecular flexibility index (Phi) is 8.16. The van der Waals surface area contributed by atoms with E-state index in [1.54, 1.807) is 30.4 Å². The van der Waals surface area contributed by atoms with Crippen LogP contribution in [0.5, 0.6) is 11.5 Å². The minimum Gasteiger partial charge on any atom is -0.493 e. The second-order valence-electron chi connectivity index (χ2n) is 5.95. The van der Waals surface area contributed by atoms with E-state index in [0.29, 0.717) is 23.8 Å². The van der Waals surface area contributed by atoms with Crippen molar-refractivity contribution in [3.05, 3.63) is 66.8 Å². The number of anilines is 1. The maximum atomic E-state index is 12.2. The molecule has 1 N–H and O–H groups in total. The van der Waals surface area contributed by atoms with Crippen LogP contribution in [0.3, 0.4) is 0 Å². The monoisotopic (exact) mass is 432 g/mol. The zero-order valence-corrected chi connectivity index (χ0v) is 17.8. The lowest BCUT2D eigenvalue weighted by molar-refractivity contribution is -0.111. The van der Waals surface area contributed by atoms with Gasteiger partial charge in [0, 0.05) is 18.8 Å². The number of hydrogen-bond donors (Lipinski definition) is 1. The highest BCUT2D eigenvalue weighted by molar-refractivity contribution is 7.89. The Balaban J connectivity index is 2.05. The van der Waals surface area contributed by atoms with Gasteiger partial charge in [-0.2, -0.15) is 0 Å². The molecule has 1 amide bonds. The van der Waals surface area contributed by atoms with Crippen molar-refractivity contribution < 1.29 is 27.5 Å². The largest absolute Gasteiger partial charge is 0.493 e. The third-order valence-corrected chi connectivity index (χ3v) is 5.68. The maximum absolute atomic E-state index is 12.2. The van der Waals surface area contributed by atoms with Crippen LogP contribution < -0.4 is 14.8 Å². The van der Waals surface area contributed by atoms with Gasteiger partial charge < -0.3 is 14.8 Å². The summed E-state index contributed by atoms with van der Waals surface area (Å²) in [6.07, 6.45) is 4.62. The van der Waals surface area contributed by atoms with Crippen molar-refractivity contribution >= 4 is 27.7 Å². The van der Waals surface area contributed by atoms with Crippen LogP contribution in [0.2, 0.25) is 0 Å². The number of ether oxygens (including phenoxy) is 2. The summed E-state index contributed by atoms with van der Waals surface area (Å²) in [6.45, 7) is 3.96. The van der Waals surface area contributed by atoms with Gasteiger partial charge >= 0.3 is 0 Å². The molecule has 9 heteroatoms. The van der Waals surface area contributed by atoms with Gasteiger partial charge in [-0.25, -0.2) is 8.42 Å². The second kappa shape index (κ2) is 10.6. The summed E-state index contributed by atoms with van der Waals surface area (Å²) in [5.74, 6) is 0.746. The number of benzene rings is 2. The average molecular weight is 432 g/mol. The van der Waals surface area contributed by atoms with Gasteiger partial charge in [-0.15, -0.1) is 0 Å². The summed E-state index contributed by atoms with van der Waals surface area (Å²) >= 11 is 0. The molecule has 0 saturated carbocycles. The van der Waals surface area contributed by atoms with Crippen LogP contribution in [0.25, 0.3) is 6.08 Å². The van der Waals surface area contributed by atoms with Crippen molar-refractivity contribution in [2.24, 2.45) is 0 Å². The smallest absolute Gasteiger partial charge is 0.264 e. The van der Waals surface area contributed by atoms with Crippen LogP contribution in [-0.2, 0) is 19.7 Å². The zero-order valence-electron chi connectivity index (χ0n) is 17.0. The molecule has 2 aromatic rings. The fourth-order valence-corrected chi connectivity index (χ4v) is 3.34. The lowest BCUT2D eigenvalue weighted by atomic mass is 10.2. The van der Waals surface area contributed by atoms with Crippen LogP contribution in [0, 0.1) is 0 Å². The third kappa shape index (κ3) is 5.93. The van der Waals surface area contributed by atoms with Crippen molar-refractivity contribution in [3.63, 3.8) is 0 Å². The first-order chi connectivity index (χ1) is 14.3. The lowest BCUT2D eigenvalue weighted by Gasteiger charge is -2.14. The Morgan fingerprint density at radius 2 is 1.83 bits per heavy atom. The zero-order chi connectivity index (χ0) is 22.1. The van der Waals surface area contributed by atoms with Crippen LogP contribution in [-0.4, -0.2) is 46.7 Å². The highest BCUT2D eigenvalue weighted by Gasteiger charge is 2.20. The van der Waals surface area contributed by atoms with Crippen LogP contribution >= 0.6 is 0 Å². The first kappa shape index (κ1) is 23.1. The van der Waals surface area contributed by atoms with Crippen LogP contribution in [0.1, 0.15) is 5.56 Å². The number of carbonyl (C=O) groups excluding carboxylic acids is 1. The molecule has 0 aromatic heterocycles. The maximum Gasteiger partial charge on any atom is 0.264 e. The summed E-state index contributed by atoms with van der Waals surface area (Å²) in [5.41, 5.74) is 1.20. The van der Waals surface area contributed by atoms with Gasteiger partial charge in [0.2, 0.25) is 5.91 Å². The predicted octanol–water partition coefficient (Wildman–Crippen LogP) is 3.09. The molecule has 0 atom stereocenters. The normalized spacial score (nSPS) is 11.5. The Bertz CT molecular complexity index is 1020. The molecule has 160 valence electrons. The van der Waals surface area contributed by atoms with Crippen molar-refractivity contribution in [1.82, 2.24) is 4.47 Å². The summed E-state index contributed by atoms with van der Waals surface area (Å²) in [6, 6.07) is 11.0. The number of nitrogens with one attached hydrogen (secondary N) is 1. The van der Waals surface area contributed by atoms with Crippen molar-refractivity contribution in [2.45, 2.75) is 4.90 Å². The second-order valence-corrected chi connectivity index (χ2v) is 7.89. The highest BCUT2D eigenvalue weighted by atomic mass is 32.2. The summed E-state index contributed by atoms with van der Waals surface area (Å²) < 4.78 is 35.9. The van der Waals surface area contributed by atoms with E-state index in [0.717, 1.165) is 10.0 Å². The summed E-state index contributed by atoms with van der Waals surface area (Å²) in [4.78, 5) is 16.9. The topological polar surface area (TPSA) is 94.2 Å². The van der Waals surface area contributed by atoms with E-state index < -0.39 is 10.0 Å². The van der Waals surface area contributed by atoms with Crippen molar-refractivity contribution in [2.75, 3.05) is 33.2 Å². The first-order valence-corrected chi connectivity index (χ1v) is 10.3. The third-order valence-electron chi connectivity index (χ3n) is 3.99. The summed E-state index contributed by atoms with van der Waals surface area (Å²) in [7, 11) is 0.347. The molecule has 0 bridgehead atoms. The Morgan fingerprint density at radius 1 is 1.13 bits per heavy atom. The number of rotatable bonds is 10. The number of methoxy groups -OCH3 is 1. The number of hydroxylamine groups is 1. The molecule has 0 aliphatic carbocycles. The molecule has 2 rings (SSSR count). The number of carbonyl (C=O) groups is 1. The van der Waals surface area contributed by atoms with Gasteiger partial charge in [-0.05, 0) is 48.0 Å². The molecule has 0 aliphatic rings. The van der Waals surface area contributed by atoms with Crippen LogP contribution in [0.4, 0.5) is 5.69 Å². The minimum absolute atomic E-state index is 0.0475. The first-order valence-electron chi connectivity index (χ1n) is 8.85. The molecule has 2 aromatic carbocycles. The van der Waals surface area contributed by atoms with E-state index in [2.05, 4.69) is 11.9 Å². The fraction of sp³-hybridized carbons (Fsp3) is 0.190.